The summed E-state index contributed by atoms with van der Waals surface area (Å²) in [4.78, 5) is 13.5. The van der Waals surface area contributed by atoms with Gasteiger partial charge in [-0.2, -0.15) is 0 Å². The van der Waals surface area contributed by atoms with E-state index in [1.807, 2.05) is 67.6 Å². The highest BCUT2D eigenvalue weighted by molar-refractivity contribution is 6.37. The van der Waals surface area contributed by atoms with Crippen molar-refractivity contribution < 1.29 is 5.11 Å². The molecule has 0 saturated carbocycles. The largest absolute Gasteiger partial charge is 0.508 e. The molecule has 0 amide bonds. The molecule has 5 heteroatoms. The van der Waals surface area contributed by atoms with Crippen molar-refractivity contribution in [1.29, 1.82) is 0 Å². The second-order valence-corrected chi connectivity index (χ2v) is 6.30. The van der Waals surface area contributed by atoms with Gasteiger partial charge in [0.2, 0.25) is 0 Å². The monoisotopic (exact) mass is 365 g/mol. The minimum Gasteiger partial charge on any atom is -0.508 e. The molecule has 0 unspecified atom stereocenters. The van der Waals surface area contributed by atoms with E-state index < -0.39 is 0 Å². The van der Waals surface area contributed by atoms with Crippen molar-refractivity contribution in [2.45, 2.75) is 13.5 Å². The van der Waals surface area contributed by atoms with Gasteiger partial charge in [-0.3, -0.25) is 4.99 Å². The molecule has 0 atom stereocenters. The van der Waals surface area contributed by atoms with Crippen LogP contribution in [-0.2, 0) is 6.54 Å². The van der Waals surface area contributed by atoms with Crippen LogP contribution in [0, 0.1) is 6.92 Å². The Morgan fingerprint density at radius 2 is 1.68 bits per heavy atom. The average Bonchev–Trinajstić information content (AvgIpc) is 2.71. The van der Waals surface area contributed by atoms with Gasteiger partial charge in [-0.1, -0.05) is 66.1 Å². The molecule has 2 radical (unpaired) electrons. The van der Waals surface area contributed by atoms with Gasteiger partial charge in [0, 0.05) is 11.1 Å². The first-order chi connectivity index (χ1) is 13.6. The van der Waals surface area contributed by atoms with Crippen LogP contribution in [0.4, 0.5) is 0 Å². The minimum absolute atomic E-state index is 0.234. The third kappa shape index (κ3) is 4.63. The summed E-state index contributed by atoms with van der Waals surface area (Å²) in [6, 6.07) is 22.3. The van der Waals surface area contributed by atoms with Gasteiger partial charge in [0.15, 0.2) is 11.7 Å². The number of amidine groups is 2. The number of rotatable bonds is 4. The number of aromatic hydroxyl groups is 1. The number of nitrogens with zero attached hydrogens (tertiary/aromatic N) is 3. The fourth-order valence-electron chi connectivity index (χ4n) is 2.78. The van der Waals surface area contributed by atoms with Crippen LogP contribution in [0.3, 0.4) is 0 Å². The van der Waals surface area contributed by atoms with E-state index in [0.29, 0.717) is 23.7 Å². The van der Waals surface area contributed by atoms with Crippen molar-refractivity contribution in [2.75, 3.05) is 0 Å². The Kier molecular flexibility index (Phi) is 6.17. The van der Waals surface area contributed by atoms with E-state index in [1.165, 1.54) is 0 Å². The molecular weight excluding hydrogens is 345 g/mol. The van der Waals surface area contributed by atoms with Crippen molar-refractivity contribution in [3.05, 3.63) is 95.1 Å². The molecule has 0 saturated heterocycles. The molecule has 0 heterocycles. The van der Waals surface area contributed by atoms with Gasteiger partial charge in [0.05, 0.1) is 6.54 Å². The summed E-state index contributed by atoms with van der Waals surface area (Å²) >= 11 is 0. The second-order valence-electron chi connectivity index (χ2n) is 6.30. The Labute approximate surface area is 166 Å². The number of benzene rings is 3. The number of hydrogen-bond acceptors (Lipinski definition) is 2. The van der Waals surface area contributed by atoms with Crippen LogP contribution in [-0.4, -0.2) is 31.3 Å². The molecule has 3 aromatic carbocycles. The van der Waals surface area contributed by atoms with Crippen molar-refractivity contribution in [3.8, 4) is 5.75 Å². The zero-order valence-electron chi connectivity index (χ0n) is 15.7. The highest BCUT2D eigenvalue weighted by atomic mass is 16.3. The Morgan fingerprint density at radius 1 is 0.964 bits per heavy atom. The van der Waals surface area contributed by atoms with Crippen LogP contribution in [0.1, 0.15) is 22.3 Å². The Bertz CT molecular complexity index is 1040. The van der Waals surface area contributed by atoms with Crippen molar-refractivity contribution >= 4 is 31.7 Å². The average molecular weight is 365 g/mol. The van der Waals surface area contributed by atoms with E-state index in [9.17, 15) is 5.11 Å². The number of aliphatic imine (C=N–C) groups is 3. The van der Waals surface area contributed by atoms with Crippen LogP contribution in [0.25, 0.3) is 0 Å². The minimum atomic E-state index is 0.234. The SMILES string of the molecule is [B]c1ccccc1C(N=C(N=C)c1ccccc1)=NCc1ccc(O)cc1C. The summed E-state index contributed by atoms with van der Waals surface area (Å²) in [7, 11) is 6.17. The zero-order valence-corrected chi connectivity index (χ0v) is 15.7. The van der Waals surface area contributed by atoms with Gasteiger partial charge in [-0.05, 0) is 36.9 Å². The number of aryl methyl sites for hydroxylation is 1. The first-order valence-corrected chi connectivity index (χ1v) is 8.87. The molecule has 136 valence electrons. The highest BCUT2D eigenvalue weighted by Crippen LogP contribution is 2.17. The molecule has 4 nitrogen and oxygen atoms in total. The summed E-state index contributed by atoms with van der Waals surface area (Å²) in [6.07, 6.45) is 0. The zero-order chi connectivity index (χ0) is 19.9. The van der Waals surface area contributed by atoms with Crippen LogP contribution < -0.4 is 5.46 Å². The molecule has 3 rings (SSSR count). The van der Waals surface area contributed by atoms with E-state index in [2.05, 4.69) is 16.7 Å². The Balaban J connectivity index is 2.06. The fraction of sp³-hybridized carbons (Fsp3) is 0.0870. The molecule has 0 aromatic heterocycles. The summed E-state index contributed by atoms with van der Waals surface area (Å²) in [6.45, 7) is 5.99. The molecule has 28 heavy (non-hydrogen) atoms. The van der Waals surface area contributed by atoms with Crippen LogP contribution in [0.5, 0.6) is 5.75 Å². The third-order valence-electron chi connectivity index (χ3n) is 4.32. The molecule has 3 aromatic rings. The van der Waals surface area contributed by atoms with Crippen molar-refractivity contribution in [3.63, 3.8) is 0 Å². The lowest BCUT2D eigenvalue weighted by Gasteiger charge is -2.09. The van der Waals surface area contributed by atoms with Crippen LogP contribution in [0.2, 0.25) is 0 Å². The lowest BCUT2D eigenvalue weighted by molar-refractivity contribution is 0.474. The lowest BCUT2D eigenvalue weighted by atomic mass is 9.90. The first-order valence-electron chi connectivity index (χ1n) is 8.87. The maximum Gasteiger partial charge on any atom is 0.161 e. The Morgan fingerprint density at radius 3 is 2.36 bits per heavy atom. The maximum atomic E-state index is 9.61. The van der Waals surface area contributed by atoms with Gasteiger partial charge in [0.25, 0.3) is 0 Å². The standard InChI is InChI=1S/C23H20BN3O/c1-16-14-19(28)13-12-18(16)15-26-23(20-10-6-7-11-21(20)24)27-22(25-2)17-8-4-3-5-9-17/h3-14,28H,2,15H2,1H3. The topological polar surface area (TPSA) is 57.3 Å². The lowest BCUT2D eigenvalue weighted by Crippen LogP contribution is -2.16. The summed E-state index contributed by atoms with van der Waals surface area (Å²) < 4.78 is 0. The molecule has 0 aliphatic heterocycles. The van der Waals surface area contributed by atoms with Crippen molar-refractivity contribution in [2.24, 2.45) is 15.0 Å². The third-order valence-corrected chi connectivity index (χ3v) is 4.32. The maximum absolute atomic E-state index is 9.61. The van der Waals surface area contributed by atoms with Gasteiger partial charge < -0.3 is 5.11 Å². The van der Waals surface area contributed by atoms with Gasteiger partial charge >= 0.3 is 0 Å². The van der Waals surface area contributed by atoms with E-state index in [4.69, 9.17) is 12.8 Å². The molecule has 0 spiro atoms. The Hall–Kier alpha value is -3.47. The summed E-state index contributed by atoms with van der Waals surface area (Å²) in [5, 5.41) is 9.61. The van der Waals surface area contributed by atoms with E-state index in [1.54, 1.807) is 12.1 Å². The number of phenols is 1. The molecular formula is C23H20BN3O. The smallest absolute Gasteiger partial charge is 0.161 e. The normalized spacial score (nSPS) is 12.0. The predicted octanol–water partition coefficient (Wildman–Crippen LogP) is 3.59. The summed E-state index contributed by atoms with van der Waals surface area (Å²) in [5.41, 5.74) is 4.12. The molecule has 0 aliphatic carbocycles. The number of phenolic OH excluding ortho intramolecular Hbond substituents is 1. The molecule has 0 fully saturated rings. The van der Waals surface area contributed by atoms with Gasteiger partial charge in [0.1, 0.15) is 13.6 Å². The van der Waals surface area contributed by atoms with E-state index in [-0.39, 0.29) is 5.75 Å². The summed E-state index contributed by atoms with van der Waals surface area (Å²) in [5.74, 6) is 1.19. The highest BCUT2D eigenvalue weighted by Gasteiger charge is 2.09. The van der Waals surface area contributed by atoms with E-state index >= 15 is 0 Å². The van der Waals surface area contributed by atoms with Gasteiger partial charge in [-0.15, -0.1) is 0 Å². The molecule has 1 N–H and O–H groups in total. The van der Waals surface area contributed by atoms with Crippen molar-refractivity contribution in [1.82, 2.24) is 0 Å². The number of hydrogen-bond donors (Lipinski definition) is 1. The molecule has 0 aliphatic rings. The fourth-order valence-corrected chi connectivity index (χ4v) is 2.78. The second kappa shape index (κ2) is 8.95. The first kappa shape index (κ1) is 19.3. The predicted molar refractivity (Wildman–Crippen MR) is 117 cm³/mol. The van der Waals surface area contributed by atoms with E-state index in [0.717, 1.165) is 22.3 Å². The van der Waals surface area contributed by atoms with Crippen LogP contribution >= 0.6 is 0 Å². The van der Waals surface area contributed by atoms with Gasteiger partial charge in [-0.25, -0.2) is 9.98 Å². The quantitative estimate of drug-likeness (QED) is 0.429. The van der Waals surface area contributed by atoms with Crippen LogP contribution in [0.15, 0.2) is 87.8 Å². The molecule has 0 bridgehead atoms.